The maximum absolute atomic E-state index is 13.1. The minimum Gasteiger partial charge on any atom is -0.350 e. The highest BCUT2D eigenvalue weighted by atomic mass is 16.7. The fourth-order valence-electron chi connectivity index (χ4n) is 4.25. The lowest BCUT2D eigenvalue weighted by Gasteiger charge is -2.42. The van der Waals surface area contributed by atoms with Gasteiger partial charge in [-0.3, -0.25) is 9.69 Å². The van der Waals surface area contributed by atoms with Gasteiger partial charge in [-0.1, -0.05) is 18.2 Å². The number of hydrogen-bond donors (Lipinski definition) is 0. The van der Waals surface area contributed by atoms with Crippen molar-refractivity contribution in [2.24, 2.45) is 5.92 Å². The molecule has 0 aromatic heterocycles. The molecule has 3 aliphatic rings. The van der Waals surface area contributed by atoms with Crippen molar-refractivity contribution < 1.29 is 14.3 Å². The number of amides is 1. The van der Waals surface area contributed by atoms with Gasteiger partial charge in [0.05, 0.1) is 19.3 Å². The molecule has 0 N–H and O–H groups in total. The van der Waals surface area contributed by atoms with Gasteiger partial charge in [0.15, 0.2) is 6.29 Å². The first-order valence-electron chi connectivity index (χ1n) is 9.16. The Morgan fingerprint density at radius 2 is 1.71 bits per heavy atom. The summed E-state index contributed by atoms with van der Waals surface area (Å²) in [4.78, 5) is 17.4. The van der Waals surface area contributed by atoms with Crippen LogP contribution in [0.25, 0.3) is 0 Å². The van der Waals surface area contributed by atoms with Crippen molar-refractivity contribution in [3.63, 3.8) is 0 Å². The second-order valence-electron chi connectivity index (χ2n) is 6.99. The van der Waals surface area contributed by atoms with E-state index in [1.54, 1.807) is 0 Å². The molecule has 4 rings (SSSR count). The quantitative estimate of drug-likeness (QED) is 0.853. The molecule has 0 unspecified atom stereocenters. The SMILES string of the molecule is O=C1[C@H](N2CCC[C@@H](C3OCCO3)C2)CCCN1c1ccccc1. The first-order valence-corrected chi connectivity index (χ1v) is 9.16. The second-order valence-corrected chi connectivity index (χ2v) is 6.99. The summed E-state index contributed by atoms with van der Waals surface area (Å²) < 4.78 is 11.4. The summed E-state index contributed by atoms with van der Waals surface area (Å²) in [5, 5.41) is 0. The summed E-state index contributed by atoms with van der Waals surface area (Å²) in [5.74, 6) is 0.641. The van der Waals surface area contributed by atoms with Crippen molar-refractivity contribution in [3.05, 3.63) is 30.3 Å². The highest BCUT2D eigenvalue weighted by molar-refractivity contribution is 5.97. The molecule has 3 fully saturated rings. The Balaban J connectivity index is 1.45. The van der Waals surface area contributed by atoms with Gasteiger partial charge in [0.1, 0.15) is 0 Å². The summed E-state index contributed by atoms with van der Waals surface area (Å²) in [6.45, 7) is 4.13. The van der Waals surface area contributed by atoms with Gasteiger partial charge in [0.2, 0.25) is 5.91 Å². The number of benzene rings is 1. The molecule has 0 radical (unpaired) electrons. The van der Waals surface area contributed by atoms with Gasteiger partial charge in [-0.05, 0) is 44.4 Å². The zero-order valence-corrected chi connectivity index (χ0v) is 14.1. The normalized spacial score (nSPS) is 30.0. The lowest BCUT2D eigenvalue weighted by molar-refractivity contribution is -0.130. The van der Waals surface area contributed by atoms with Crippen LogP contribution in [0.3, 0.4) is 0 Å². The van der Waals surface area contributed by atoms with E-state index in [4.69, 9.17) is 9.47 Å². The van der Waals surface area contributed by atoms with Crippen LogP contribution in [0.2, 0.25) is 0 Å². The molecule has 130 valence electrons. The first kappa shape index (κ1) is 16.1. The van der Waals surface area contributed by atoms with Crippen molar-refractivity contribution in [1.29, 1.82) is 0 Å². The van der Waals surface area contributed by atoms with Crippen LogP contribution >= 0.6 is 0 Å². The Labute approximate surface area is 143 Å². The number of carbonyl (C=O) groups is 1. The number of carbonyl (C=O) groups excluding carboxylic acids is 1. The van der Waals surface area contributed by atoms with Crippen molar-refractivity contribution in [1.82, 2.24) is 4.90 Å². The maximum Gasteiger partial charge on any atom is 0.244 e. The summed E-state index contributed by atoms with van der Waals surface area (Å²) in [7, 11) is 0. The zero-order chi connectivity index (χ0) is 16.4. The van der Waals surface area contributed by atoms with Crippen molar-refractivity contribution in [2.75, 3.05) is 37.7 Å². The minimum atomic E-state index is -0.0725. The Bertz CT molecular complexity index is 559. The third-order valence-corrected chi connectivity index (χ3v) is 5.44. The number of anilines is 1. The van der Waals surface area contributed by atoms with Gasteiger partial charge in [-0.15, -0.1) is 0 Å². The van der Waals surface area contributed by atoms with Gasteiger partial charge >= 0.3 is 0 Å². The van der Waals surface area contributed by atoms with E-state index >= 15 is 0 Å². The molecule has 3 aliphatic heterocycles. The van der Waals surface area contributed by atoms with E-state index in [1.807, 2.05) is 35.2 Å². The first-order chi connectivity index (χ1) is 11.8. The number of likely N-dealkylation sites (tertiary alicyclic amines) is 1. The van der Waals surface area contributed by atoms with Gasteiger partial charge < -0.3 is 14.4 Å². The number of piperidine rings is 2. The molecular weight excluding hydrogens is 304 g/mol. The lowest BCUT2D eigenvalue weighted by Crippen LogP contribution is -2.55. The van der Waals surface area contributed by atoms with E-state index in [2.05, 4.69) is 4.90 Å². The number of ether oxygens (including phenoxy) is 2. The van der Waals surface area contributed by atoms with E-state index in [9.17, 15) is 4.79 Å². The predicted molar refractivity (Wildman–Crippen MR) is 91.8 cm³/mol. The van der Waals surface area contributed by atoms with E-state index in [0.717, 1.165) is 51.0 Å². The van der Waals surface area contributed by atoms with E-state index in [0.29, 0.717) is 19.1 Å². The standard InChI is InChI=1S/C19H26N2O3/c22-18-17(9-5-11-21(18)16-7-2-1-3-8-16)20-10-4-6-15(14-20)19-23-12-13-24-19/h1-3,7-8,15,17,19H,4-6,9-14H2/t15-,17-/m1/s1. The molecular formula is C19H26N2O3. The molecule has 0 saturated carbocycles. The molecule has 0 bridgehead atoms. The van der Waals surface area contributed by atoms with Gasteiger partial charge in [-0.25, -0.2) is 0 Å². The average molecular weight is 330 g/mol. The minimum absolute atomic E-state index is 0.00293. The summed E-state index contributed by atoms with van der Waals surface area (Å²) in [5.41, 5.74) is 1.02. The monoisotopic (exact) mass is 330 g/mol. The van der Waals surface area contributed by atoms with Crippen LogP contribution in [0.4, 0.5) is 5.69 Å². The zero-order valence-electron chi connectivity index (χ0n) is 14.1. The molecule has 5 nitrogen and oxygen atoms in total. The summed E-state index contributed by atoms with van der Waals surface area (Å²) >= 11 is 0. The third kappa shape index (κ3) is 3.21. The van der Waals surface area contributed by atoms with E-state index in [1.165, 1.54) is 0 Å². The van der Waals surface area contributed by atoms with Crippen LogP contribution in [-0.2, 0) is 14.3 Å². The Morgan fingerprint density at radius 1 is 0.958 bits per heavy atom. The Kier molecular flexibility index (Phi) is 4.83. The van der Waals surface area contributed by atoms with Crippen molar-refractivity contribution in [3.8, 4) is 0 Å². The molecule has 3 saturated heterocycles. The molecule has 0 spiro atoms. The number of para-hydroxylation sites is 1. The molecule has 2 atom stereocenters. The molecule has 5 heteroatoms. The van der Waals surface area contributed by atoms with Gasteiger partial charge in [0.25, 0.3) is 0 Å². The van der Waals surface area contributed by atoms with E-state index in [-0.39, 0.29) is 18.2 Å². The molecule has 0 aliphatic carbocycles. The number of rotatable bonds is 3. The second kappa shape index (κ2) is 7.21. The van der Waals surface area contributed by atoms with Gasteiger partial charge in [-0.2, -0.15) is 0 Å². The van der Waals surface area contributed by atoms with Crippen molar-refractivity contribution in [2.45, 2.75) is 38.0 Å². The van der Waals surface area contributed by atoms with Crippen molar-refractivity contribution >= 4 is 11.6 Å². The Morgan fingerprint density at radius 3 is 2.50 bits per heavy atom. The molecule has 24 heavy (non-hydrogen) atoms. The van der Waals surface area contributed by atoms with Gasteiger partial charge in [0, 0.05) is 24.7 Å². The average Bonchev–Trinajstić information content (AvgIpc) is 3.18. The third-order valence-electron chi connectivity index (χ3n) is 5.44. The molecule has 1 aromatic carbocycles. The Hall–Kier alpha value is -1.43. The van der Waals surface area contributed by atoms with Crippen LogP contribution in [0.15, 0.2) is 30.3 Å². The van der Waals surface area contributed by atoms with Crippen LogP contribution in [0.1, 0.15) is 25.7 Å². The highest BCUT2D eigenvalue weighted by Gasteiger charge is 2.38. The number of nitrogens with zero attached hydrogens (tertiary/aromatic N) is 2. The molecule has 1 amide bonds. The van der Waals surface area contributed by atoms with Crippen LogP contribution in [-0.4, -0.2) is 56.0 Å². The summed E-state index contributed by atoms with van der Waals surface area (Å²) in [6, 6.07) is 10.0. The van der Waals surface area contributed by atoms with Crippen LogP contribution in [0.5, 0.6) is 0 Å². The number of hydrogen-bond acceptors (Lipinski definition) is 4. The largest absolute Gasteiger partial charge is 0.350 e. The topological polar surface area (TPSA) is 42.0 Å². The highest BCUT2D eigenvalue weighted by Crippen LogP contribution is 2.30. The summed E-state index contributed by atoms with van der Waals surface area (Å²) in [6.07, 6.45) is 4.19. The predicted octanol–water partition coefficient (Wildman–Crippen LogP) is 2.27. The fraction of sp³-hybridized carbons (Fsp3) is 0.632. The van der Waals surface area contributed by atoms with Crippen LogP contribution < -0.4 is 4.90 Å². The van der Waals surface area contributed by atoms with Crippen LogP contribution in [0, 0.1) is 5.92 Å². The molecule has 3 heterocycles. The smallest absolute Gasteiger partial charge is 0.244 e. The molecule has 1 aromatic rings. The lowest BCUT2D eigenvalue weighted by atomic mass is 9.93. The fourth-order valence-corrected chi connectivity index (χ4v) is 4.25. The van der Waals surface area contributed by atoms with E-state index < -0.39 is 0 Å². The maximum atomic E-state index is 13.1.